The molecule has 0 bridgehead atoms. The highest BCUT2D eigenvalue weighted by Crippen LogP contribution is 2.34. The van der Waals surface area contributed by atoms with Gasteiger partial charge in [0.15, 0.2) is 0 Å². The monoisotopic (exact) mass is 631 g/mol. The van der Waals surface area contributed by atoms with E-state index >= 15 is 0 Å². The summed E-state index contributed by atoms with van der Waals surface area (Å²) in [6, 6.07) is 12.6. The van der Waals surface area contributed by atoms with Crippen LogP contribution in [0.4, 0.5) is 52.6 Å². The number of carbonyl (C=O) groups excluding carboxylic acids is 2. The number of hydrogen-bond donors (Lipinski definition) is 2. The van der Waals surface area contributed by atoms with Crippen molar-refractivity contribution in [3.05, 3.63) is 89.2 Å². The van der Waals surface area contributed by atoms with E-state index in [0.29, 0.717) is 28.7 Å². The second-order valence-corrected chi connectivity index (χ2v) is 11.3. The van der Waals surface area contributed by atoms with Crippen molar-refractivity contribution in [1.29, 1.82) is 0 Å². The predicted octanol–water partition coefficient (Wildman–Crippen LogP) is 5.52. The van der Waals surface area contributed by atoms with Crippen LogP contribution in [0.3, 0.4) is 0 Å². The third-order valence-corrected chi connectivity index (χ3v) is 8.04. The van der Waals surface area contributed by atoms with Crippen LogP contribution in [-0.4, -0.2) is 72.1 Å². The molecule has 4 heterocycles. The Kier molecular flexibility index (Phi) is 8.21. The highest BCUT2D eigenvalue weighted by atomic mass is 19.4. The van der Waals surface area contributed by atoms with Crippen LogP contribution in [-0.2, 0) is 12.7 Å². The third kappa shape index (κ3) is 6.42. The lowest BCUT2D eigenvalue weighted by Gasteiger charge is -2.35. The number of carbonyl (C=O) groups is 2. The smallest absolute Gasteiger partial charge is 0.354 e. The molecule has 11 nitrogen and oxygen atoms in total. The number of hydrogen-bond acceptors (Lipinski definition) is 8. The molecule has 46 heavy (non-hydrogen) atoms. The first kappa shape index (κ1) is 30.8. The van der Waals surface area contributed by atoms with Gasteiger partial charge in [-0.15, -0.1) is 0 Å². The van der Waals surface area contributed by atoms with Crippen LogP contribution in [0.25, 0.3) is 0 Å². The van der Waals surface area contributed by atoms with Gasteiger partial charge >= 0.3 is 12.2 Å². The Morgan fingerprint density at radius 1 is 0.935 bits per heavy atom. The first-order valence-electron chi connectivity index (χ1n) is 14.6. The van der Waals surface area contributed by atoms with Gasteiger partial charge in [-0.25, -0.2) is 14.8 Å². The fourth-order valence-electron chi connectivity index (χ4n) is 5.41. The van der Waals surface area contributed by atoms with Crippen molar-refractivity contribution in [2.24, 2.45) is 0 Å². The second kappa shape index (κ2) is 12.3. The van der Waals surface area contributed by atoms with Crippen molar-refractivity contribution >= 4 is 46.6 Å². The Morgan fingerprint density at radius 2 is 1.72 bits per heavy atom. The van der Waals surface area contributed by atoms with Crippen LogP contribution in [0, 0.1) is 6.92 Å². The molecule has 0 aliphatic carbocycles. The minimum absolute atomic E-state index is 0.136. The molecule has 0 spiro atoms. The topological polar surface area (TPSA) is 110 Å². The highest BCUT2D eigenvalue weighted by molar-refractivity contribution is 6.07. The number of aromatic nitrogens is 3. The summed E-state index contributed by atoms with van der Waals surface area (Å²) in [6.45, 7) is 5.69. The number of nitrogens with one attached hydrogen (secondary N) is 2. The molecule has 14 heteroatoms. The molecule has 1 saturated heterocycles. The van der Waals surface area contributed by atoms with E-state index in [1.165, 1.54) is 17.0 Å². The number of benzene rings is 2. The first-order valence-corrected chi connectivity index (χ1v) is 14.6. The maximum absolute atomic E-state index is 13.6. The van der Waals surface area contributed by atoms with E-state index in [1.54, 1.807) is 42.5 Å². The molecule has 2 aliphatic heterocycles. The third-order valence-electron chi connectivity index (χ3n) is 8.04. The molecule has 0 radical (unpaired) electrons. The number of pyridine rings is 1. The summed E-state index contributed by atoms with van der Waals surface area (Å²) in [7, 11) is 3.72. The lowest BCUT2D eigenvalue weighted by atomic mass is 10.1. The number of alkyl halides is 3. The van der Waals surface area contributed by atoms with Crippen LogP contribution in [0.15, 0.2) is 67.0 Å². The minimum Gasteiger partial charge on any atom is -0.354 e. The van der Waals surface area contributed by atoms with Gasteiger partial charge in [-0.05, 0) is 55.9 Å². The molecule has 2 aromatic heterocycles. The molecular formula is C32H32F3N9O2. The normalized spacial score (nSPS) is 15.5. The predicted molar refractivity (Wildman–Crippen MR) is 170 cm³/mol. The van der Waals surface area contributed by atoms with Gasteiger partial charge in [-0.3, -0.25) is 14.6 Å². The number of fused-ring (bicyclic) bond motifs is 1. The zero-order valence-corrected chi connectivity index (χ0v) is 25.5. The number of halogens is 3. The average Bonchev–Trinajstić information content (AvgIpc) is 3.04. The summed E-state index contributed by atoms with van der Waals surface area (Å²) in [6.07, 6.45) is -1.17. The standard InChI is InChI=1S/C32H32F3N9O2/c1-20-7-8-24(38-29(45)21-5-4-6-23(15-21)32(33,34)35)16-26(20)44-19-22-18-37-30(40-28(22)42(3)31(44)46)39-25-9-10-36-27(17-25)43-13-11-41(2)12-14-43/h4-10,15-18H,11-14,19H2,1-3H3,(H,38,45)(H,36,37,39,40). The summed E-state index contributed by atoms with van der Waals surface area (Å²) in [5, 5.41) is 5.87. The Morgan fingerprint density at radius 3 is 2.48 bits per heavy atom. The lowest BCUT2D eigenvalue weighted by molar-refractivity contribution is -0.137. The van der Waals surface area contributed by atoms with Crippen molar-refractivity contribution in [3.8, 4) is 0 Å². The number of aryl methyl sites for hydroxylation is 1. The fourth-order valence-corrected chi connectivity index (χ4v) is 5.41. The van der Waals surface area contributed by atoms with E-state index in [-0.39, 0.29) is 18.1 Å². The number of nitrogens with zero attached hydrogens (tertiary/aromatic N) is 7. The zero-order valence-electron chi connectivity index (χ0n) is 25.5. The van der Waals surface area contributed by atoms with Crippen LogP contribution in [0.5, 0.6) is 0 Å². The van der Waals surface area contributed by atoms with Gasteiger partial charge in [-0.2, -0.15) is 18.2 Å². The molecule has 0 unspecified atom stereocenters. The Labute approximate surface area is 263 Å². The summed E-state index contributed by atoms with van der Waals surface area (Å²) in [5.74, 6) is 0.950. The highest BCUT2D eigenvalue weighted by Gasteiger charge is 2.33. The molecule has 0 saturated carbocycles. The molecule has 238 valence electrons. The van der Waals surface area contributed by atoms with Crippen molar-refractivity contribution in [2.75, 3.05) is 65.6 Å². The number of rotatable bonds is 6. The number of piperazine rings is 1. The van der Waals surface area contributed by atoms with Crippen LogP contribution in [0.2, 0.25) is 0 Å². The van der Waals surface area contributed by atoms with E-state index in [4.69, 9.17) is 0 Å². The van der Waals surface area contributed by atoms with E-state index in [1.807, 2.05) is 19.1 Å². The number of amides is 3. The average molecular weight is 632 g/mol. The lowest BCUT2D eigenvalue weighted by Crippen LogP contribution is -2.46. The Balaban J connectivity index is 1.19. The van der Waals surface area contributed by atoms with E-state index in [0.717, 1.165) is 55.4 Å². The summed E-state index contributed by atoms with van der Waals surface area (Å²) >= 11 is 0. The molecule has 0 atom stereocenters. The SMILES string of the molecule is Cc1ccc(NC(=O)c2cccc(C(F)(F)F)c2)cc1N1Cc2cnc(Nc3ccnc(N4CCN(C)CC4)c3)nc2N(C)C1=O. The summed E-state index contributed by atoms with van der Waals surface area (Å²) in [4.78, 5) is 47.6. The molecule has 2 aliphatic rings. The van der Waals surface area contributed by atoms with Gasteiger partial charge in [0.2, 0.25) is 5.95 Å². The summed E-state index contributed by atoms with van der Waals surface area (Å²) < 4.78 is 39.5. The van der Waals surface area contributed by atoms with Gasteiger partial charge in [-0.1, -0.05) is 12.1 Å². The van der Waals surface area contributed by atoms with Gasteiger partial charge in [0, 0.05) is 74.2 Å². The molecule has 4 aromatic rings. The van der Waals surface area contributed by atoms with Crippen LogP contribution < -0.4 is 25.3 Å². The maximum Gasteiger partial charge on any atom is 0.416 e. The molecule has 2 N–H and O–H groups in total. The number of anilines is 6. The molecular weight excluding hydrogens is 599 g/mol. The molecule has 1 fully saturated rings. The van der Waals surface area contributed by atoms with Crippen molar-refractivity contribution in [3.63, 3.8) is 0 Å². The van der Waals surface area contributed by atoms with Gasteiger partial charge in [0.25, 0.3) is 5.91 Å². The molecule has 2 aromatic carbocycles. The van der Waals surface area contributed by atoms with Crippen LogP contribution in [0.1, 0.15) is 27.0 Å². The van der Waals surface area contributed by atoms with Crippen LogP contribution >= 0.6 is 0 Å². The van der Waals surface area contributed by atoms with E-state index < -0.39 is 17.6 Å². The fraction of sp³-hybridized carbons (Fsp3) is 0.281. The zero-order chi connectivity index (χ0) is 32.6. The van der Waals surface area contributed by atoms with Crippen molar-refractivity contribution in [2.45, 2.75) is 19.6 Å². The largest absolute Gasteiger partial charge is 0.416 e. The Hall–Kier alpha value is -5.24. The van der Waals surface area contributed by atoms with E-state index in [9.17, 15) is 22.8 Å². The van der Waals surface area contributed by atoms with Crippen molar-refractivity contribution < 1.29 is 22.8 Å². The van der Waals surface area contributed by atoms with Gasteiger partial charge in [0.05, 0.1) is 17.8 Å². The number of urea groups is 1. The minimum atomic E-state index is -4.57. The van der Waals surface area contributed by atoms with E-state index in [2.05, 4.69) is 42.4 Å². The second-order valence-electron chi connectivity index (χ2n) is 11.3. The van der Waals surface area contributed by atoms with Gasteiger partial charge < -0.3 is 20.4 Å². The van der Waals surface area contributed by atoms with Gasteiger partial charge in [0.1, 0.15) is 11.6 Å². The first-order chi connectivity index (χ1) is 22.0. The Bertz CT molecular complexity index is 1790. The molecule has 3 amide bonds. The summed E-state index contributed by atoms with van der Waals surface area (Å²) in [5.41, 5.74) is 2.04. The number of likely N-dealkylation sites (N-methyl/N-ethyl adjacent to an activating group) is 1. The van der Waals surface area contributed by atoms with Crippen molar-refractivity contribution in [1.82, 2.24) is 19.9 Å². The quantitative estimate of drug-likeness (QED) is 0.286. The molecule has 6 rings (SSSR count). The maximum atomic E-state index is 13.6.